The number of aromatic amines is 1. The minimum absolute atomic E-state index is 0.0270. The van der Waals surface area contributed by atoms with E-state index in [-0.39, 0.29) is 17.6 Å². The molecule has 0 saturated heterocycles. The molecule has 7 heteroatoms. The third-order valence-electron chi connectivity index (χ3n) is 7.50. The Bertz CT molecular complexity index is 1580. The Morgan fingerprint density at radius 2 is 1.93 bits per heavy atom. The Hall–Kier alpha value is -3.51. The fraction of sp³-hybridized carbons (Fsp3) is 0.394. The van der Waals surface area contributed by atoms with E-state index in [0.717, 1.165) is 51.4 Å². The van der Waals surface area contributed by atoms with Gasteiger partial charge in [-0.15, -0.1) is 11.6 Å². The van der Waals surface area contributed by atoms with Crippen LogP contribution in [0.2, 0.25) is 0 Å². The zero-order chi connectivity index (χ0) is 28.6. The Labute approximate surface area is 240 Å². The van der Waals surface area contributed by atoms with Crippen LogP contribution in [0, 0.1) is 6.92 Å². The third kappa shape index (κ3) is 5.55. The van der Waals surface area contributed by atoms with Crippen LogP contribution >= 0.6 is 11.6 Å². The molecule has 0 aliphatic heterocycles. The number of carbonyl (C=O) groups is 2. The Kier molecular flexibility index (Phi) is 7.83. The molecule has 210 valence electrons. The molecule has 0 saturated carbocycles. The molecule has 1 heterocycles. The SMILES string of the molecule is CCCCOc1cc2c(c3c(C)cccc13)[C@H](CCl)CC2C(=O)c1cc2cc(NC(=O)OC(C)(C)C)ccc2[nH]1. The summed E-state index contributed by atoms with van der Waals surface area (Å²) in [5.41, 5.74) is 4.71. The lowest BCUT2D eigenvalue weighted by Crippen LogP contribution is -2.27. The van der Waals surface area contributed by atoms with Crippen molar-refractivity contribution in [3.63, 3.8) is 0 Å². The van der Waals surface area contributed by atoms with Gasteiger partial charge in [-0.25, -0.2) is 4.79 Å². The van der Waals surface area contributed by atoms with Crippen molar-refractivity contribution in [2.24, 2.45) is 0 Å². The number of anilines is 1. The number of halogens is 1. The van der Waals surface area contributed by atoms with E-state index >= 15 is 0 Å². The minimum atomic E-state index is -0.592. The highest BCUT2D eigenvalue weighted by molar-refractivity contribution is 6.19. The van der Waals surface area contributed by atoms with E-state index in [1.54, 1.807) is 6.07 Å². The van der Waals surface area contributed by atoms with Crippen molar-refractivity contribution in [1.82, 2.24) is 4.98 Å². The maximum absolute atomic E-state index is 14.0. The van der Waals surface area contributed by atoms with E-state index in [4.69, 9.17) is 21.1 Å². The normalized spacial score (nSPS) is 16.8. The molecule has 1 aliphatic carbocycles. The lowest BCUT2D eigenvalue weighted by Gasteiger charge is -2.19. The van der Waals surface area contributed by atoms with Crippen LogP contribution in [0.5, 0.6) is 5.75 Å². The number of aromatic nitrogens is 1. The second-order valence-corrected chi connectivity index (χ2v) is 12.0. The molecule has 2 atom stereocenters. The molecule has 4 aromatic rings. The van der Waals surface area contributed by atoms with E-state index in [9.17, 15) is 9.59 Å². The highest BCUT2D eigenvalue weighted by Crippen LogP contribution is 2.50. The van der Waals surface area contributed by atoms with Gasteiger partial charge in [-0.3, -0.25) is 10.1 Å². The number of aryl methyl sites for hydroxylation is 1. The maximum Gasteiger partial charge on any atom is 0.412 e. The summed E-state index contributed by atoms with van der Waals surface area (Å²) < 4.78 is 11.6. The van der Waals surface area contributed by atoms with Crippen molar-refractivity contribution in [2.75, 3.05) is 17.8 Å². The molecule has 1 unspecified atom stereocenters. The first-order valence-corrected chi connectivity index (χ1v) is 14.5. The number of ketones is 1. The van der Waals surface area contributed by atoms with Crippen LogP contribution in [0.4, 0.5) is 10.5 Å². The van der Waals surface area contributed by atoms with Gasteiger partial charge in [-0.05, 0) is 98.9 Å². The number of alkyl halides is 1. The van der Waals surface area contributed by atoms with Gasteiger partial charge in [0.1, 0.15) is 11.4 Å². The van der Waals surface area contributed by atoms with Crippen molar-refractivity contribution in [2.45, 2.75) is 71.3 Å². The number of ether oxygens (including phenoxy) is 2. The predicted molar refractivity (Wildman–Crippen MR) is 162 cm³/mol. The zero-order valence-electron chi connectivity index (χ0n) is 23.8. The highest BCUT2D eigenvalue weighted by atomic mass is 35.5. The van der Waals surface area contributed by atoms with Crippen LogP contribution in [0.15, 0.2) is 48.5 Å². The number of hydrogen-bond acceptors (Lipinski definition) is 4. The predicted octanol–water partition coefficient (Wildman–Crippen LogP) is 8.85. The molecule has 5 rings (SSSR count). The second kappa shape index (κ2) is 11.2. The van der Waals surface area contributed by atoms with Crippen LogP contribution < -0.4 is 10.1 Å². The van der Waals surface area contributed by atoms with Gasteiger partial charge in [0.15, 0.2) is 5.78 Å². The number of hydrogen-bond donors (Lipinski definition) is 2. The molecule has 3 aromatic carbocycles. The lowest BCUT2D eigenvalue weighted by atomic mass is 9.90. The van der Waals surface area contributed by atoms with Gasteiger partial charge in [-0.2, -0.15) is 0 Å². The number of Topliss-reactive ketones (excluding diaryl/α,β-unsaturated/α-hetero) is 1. The highest BCUT2D eigenvalue weighted by Gasteiger charge is 2.38. The van der Waals surface area contributed by atoms with E-state index in [1.165, 1.54) is 5.56 Å². The molecule has 0 radical (unpaired) electrons. The first-order valence-electron chi connectivity index (χ1n) is 14.0. The van der Waals surface area contributed by atoms with Gasteiger partial charge in [0.05, 0.1) is 12.3 Å². The van der Waals surface area contributed by atoms with Gasteiger partial charge in [0.2, 0.25) is 0 Å². The minimum Gasteiger partial charge on any atom is -0.493 e. The van der Waals surface area contributed by atoms with Gasteiger partial charge in [0.25, 0.3) is 0 Å². The molecule has 1 amide bonds. The molecule has 0 fully saturated rings. The Balaban J connectivity index is 1.50. The molecule has 2 N–H and O–H groups in total. The molecule has 0 bridgehead atoms. The number of fused-ring (bicyclic) bond motifs is 4. The number of amides is 1. The van der Waals surface area contributed by atoms with E-state index in [0.29, 0.717) is 30.3 Å². The topological polar surface area (TPSA) is 80.4 Å². The first-order chi connectivity index (χ1) is 19.1. The largest absolute Gasteiger partial charge is 0.493 e. The summed E-state index contributed by atoms with van der Waals surface area (Å²) in [5.74, 6) is 1.05. The molecule has 0 spiro atoms. The maximum atomic E-state index is 14.0. The fourth-order valence-corrected chi connectivity index (χ4v) is 6.00. The van der Waals surface area contributed by atoms with Gasteiger partial charge in [0, 0.05) is 33.8 Å². The van der Waals surface area contributed by atoms with Crippen LogP contribution in [-0.2, 0) is 4.74 Å². The van der Waals surface area contributed by atoms with Crippen LogP contribution in [0.3, 0.4) is 0 Å². The van der Waals surface area contributed by atoms with Crippen LogP contribution in [0.1, 0.15) is 86.0 Å². The molecular formula is C33H37ClN2O4. The number of benzene rings is 3. The summed E-state index contributed by atoms with van der Waals surface area (Å²) >= 11 is 6.51. The van der Waals surface area contributed by atoms with Gasteiger partial charge < -0.3 is 14.5 Å². The van der Waals surface area contributed by atoms with E-state index < -0.39 is 11.7 Å². The van der Waals surface area contributed by atoms with Crippen molar-refractivity contribution in [3.8, 4) is 5.75 Å². The summed E-state index contributed by atoms with van der Waals surface area (Å²) in [6, 6.07) is 15.7. The summed E-state index contributed by atoms with van der Waals surface area (Å²) in [6.07, 6.45) is 2.15. The molecule has 1 aromatic heterocycles. The van der Waals surface area contributed by atoms with Crippen molar-refractivity contribution >= 4 is 50.8 Å². The number of rotatable bonds is 8. The van der Waals surface area contributed by atoms with Crippen molar-refractivity contribution in [1.29, 1.82) is 0 Å². The Morgan fingerprint density at radius 3 is 2.65 bits per heavy atom. The average molecular weight is 561 g/mol. The van der Waals surface area contributed by atoms with Crippen LogP contribution in [-0.4, -0.2) is 34.9 Å². The van der Waals surface area contributed by atoms with Crippen molar-refractivity contribution in [3.05, 3.63) is 70.9 Å². The average Bonchev–Trinajstić information content (AvgIpc) is 3.48. The van der Waals surface area contributed by atoms with Crippen molar-refractivity contribution < 1.29 is 19.1 Å². The molecule has 1 aliphatic rings. The van der Waals surface area contributed by atoms with Gasteiger partial charge >= 0.3 is 6.09 Å². The zero-order valence-corrected chi connectivity index (χ0v) is 24.6. The quantitative estimate of drug-likeness (QED) is 0.128. The standard InChI is InChI=1S/C33H37ClN2O4/c1-6-7-13-39-28-17-24-25(15-21(18-34)30(24)29-19(2)9-8-10-23(28)29)31(37)27-16-20-14-22(11-12-26(20)36-27)35-32(38)40-33(3,4)5/h8-12,14,16-17,21,25,36H,6-7,13,15,18H2,1-5H3,(H,35,38)/t21-,25?/m0/s1. The summed E-state index contributed by atoms with van der Waals surface area (Å²) in [4.78, 5) is 29.6. The fourth-order valence-electron chi connectivity index (χ4n) is 5.72. The summed E-state index contributed by atoms with van der Waals surface area (Å²) in [6.45, 7) is 10.3. The summed E-state index contributed by atoms with van der Waals surface area (Å²) in [7, 11) is 0. The molecular weight excluding hydrogens is 524 g/mol. The number of carbonyl (C=O) groups excluding carboxylic acids is 2. The van der Waals surface area contributed by atoms with E-state index in [1.807, 2.05) is 39.0 Å². The Morgan fingerprint density at radius 1 is 1.12 bits per heavy atom. The second-order valence-electron chi connectivity index (χ2n) is 11.7. The molecule has 6 nitrogen and oxygen atoms in total. The molecule has 40 heavy (non-hydrogen) atoms. The van der Waals surface area contributed by atoms with Gasteiger partial charge in [-0.1, -0.05) is 31.5 Å². The van der Waals surface area contributed by atoms with E-state index in [2.05, 4.69) is 48.4 Å². The number of nitrogens with one attached hydrogen (secondary N) is 2. The third-order valence-corrected chi connectivity index (χ3v) is 7.87. The summed E-state index contributed by atoms with van der Waals surface area (Å²) in [5, 5.41) is 5.84. The van der Waals surface area contributed by atoms with Crippen LogP contribution in [0.25, 0.3) is 21.7 Å². The number of unbranched alkanes of at least 4 members (excludes halogenated alkanes) is 1. The first kappa shape index (κ1) is 28.0. The smallest absolute Gasteiger partial charge is 0.412 e. The lowest BCUT2D eigenvalue weighted by molar-refractivity contribution is 0.0635. The number of H-pyrrole nitrogens is 1. The monoisotopic (exact) mass is 560 g/mol.